The van der Waals surface area contributed by atoms with Gasteiger partial charge in [0.15, 0.2) is 5.75 Å². The summed E-state index contributed by atoms with van der Waals surface area (Å²) in [7, 11) is -4.16. The summed E-state index contributed by atoms with van der Waals surface area (Å²) in [5.41, 5.74) is -0.909. The number of alkyl halides is 3. The van der Waals surface area contributed by atoms with Gasteiger partial charge in [0.25, 0.3) is 5.91 Å². The van der Waals surface area contributed by atoms with Crippen molar-refractivity contribution in [3.05, 3.63) is 57.6 Å². The third-order valence-electron chi connectivity index (χ3n) is 5.89. The van der Waals surface area contributed by atoms with Gasteiger partial charge in [-0.1, -0.05) is 35.3 Å². The first-order valence-corrected chi connectivity index (χ1v) is 14.9. The molecular formula is C26H30Cl2F3N3O6S. The predicted molar refractivity (Wildman–Crippen MR) is 149 cm³/mol. The minimum Gasteiger partial charge on any atom is -0.444 e. The molecule has 0 atom stereocenters. The van der Waals surface area contributed by atoms with E-state index in [-0.39, 0.29) is 36.9 Å². The second kappa shape index (κ2) is 12.5. The van der Waals surface area contributed by atoms with Gasteiger partial charge >= 0.3 is 12.5 Å². The van der Waals surface area contributed by atoms with Gasteiger partial charge in [-0.15, -0.1) is 13.2 Å². The van der Waals surface area contributed by atoms with Crippen molar-refractivity contribution < 1.29 is 40.7 Å². The quantitative estimate of drug-likeness (QED) is 0.370. The lowest BCUT2D eigenvalue weighted by molar-refractivity contribution is -0.274. The van der Waals surface area contributed by atoms with Crippen molar-refractivity contribution in [3.63, 3.8) is 0 Å². The highest BCUT2D eigenvalue weighted by Gasteiger charge is 2.36. The average Bonchev–Trinajstić information content (AvgIpc) is 2.85. The van der Waals surface area contributed by atoms with Gasteiger partial charge in [0.05, 0.1) is 23.0 Å². The normalized spacial score (nSPS) is 14.6. The highest BCUT2D eigenvalue weighted by atomic mass is 35.5. The van der Waals surface area contributed by atoms with Crippen molar-refractivity contribution in [2.75, 3.05) is 36.8 Å². The van der Waals surface area contributed by atoms with E-state index in [4.69, 9.17) is 27.9 Å². The number of carbonyl (C=O) groups excluding carboxylic acids is 2. The number of rotatable bonds is 7. The molecule has 0 N–H and O–H groups in total. The van der Waals surface area contributed by atoms with E-state index in [0.717, 1.165) is 12.1 Å². The van der Waals surface area contributed by atoms with Gasteiger partial charge in [0.1, 0.15) is 5.60 Å². The summed E-state index contributed by atoms with van der Waals surface area (Å²) in [5, 5.41) is 0.0428. The minimum absolute atomic E-state index is 0.0889. The van der Waals surface area contributed by atoms with Crippen LogP contribution < -0.4 is 9.64 Å². The van der Waals surface area contributed by atoms with Crippen molar-refractivity contribution in [3.8, 4) is 5.75 Å². The highest BCUT2D eigenvalue weighted by Crippen LogP contribution is 2.41. The van der Waals surface area contributed by atoms with Crippen LogP contribution in [-0.2, 0) is 21.3 Å². The van der Waals surface area contributed by atoms with E-state index in [2.05, 4.69) is 4.74 Å². The molecule has 41 heavy (non-hydrogen) atoms. The molecule has 1 fully saturated rings. The Morgan fingerprint density at radius 3 is 2.20 bits per heavy atom. The fraction of sp³-hybridized carbons (Fsp3) is 0.462. The Hall–Kier alpha value is -2.90. The zero-order valence-electron chi connectivity index (χ0n) is 22.8. The fourth-order valence-corrected chi connectivity index (χ4v) is 5.60. The number of hydrogen-bond donors (Lipinski definition) is 0. The molecule has 2 aromatic carbocycles. The second-order valence-corrected chi connectivity index (χ2v) is 13.2. The molecule has 0 radical (unpaired) electrons. The molecule has 1 heterocycles. The molecule has 0 spiro atoms. The second-order valence-electron chi connectivity index (χ2n) is 10.1. The molecule has 0 bridgehead atoms. The smallest absolute Gasteiger partial charge is 0.444 e. The number of nitrogens with zero attached hydrogens (tertiary/aromatic N) is 3. The van der Waals surface area contributed by atoms with Gasteiger partial charge < -0.3 is 19.3 Å². The van der Waals surface area contributed by atoms with Crippen LogP contribution >= 0.6 is 23.2 Å². The van der Waals surface area contributed by atoms with Crippen molar-refractivity contribution in [1.29, 1.82) is 0 Å². The summed E-state index contributed by atoms with van der Waals surface area (Å²) in [6.45, 7) is 6.50. The number of halogens is 5. The predicted octanol–water partition coefficient (Wildman–Crippen LogP) is 5.94. The molecule has 15 heteroatoms. The Morgan fingerprint density at radius 2 is 1.66 bits per heavy atom. The van der Waals surface area contributed by atoms with E-state index < -0.39 is 57.6 Å². The number of carbonyl (C=O) groups is 2. The third-order valence-corrected chi connectivity index (χ3v) is 8.11. The maximum atomic E-state index is 13.5. The molecule has 0 saturated carbocycles. The van der Waals surface area contributed by atoms with Crippen LogP contribution in [0.25, 0.3) is 0 Å². The van der Waals surface area contributed by atoms with E-state index in [9.17, 15) is 31.2 Å². The number of amides is 2. The summed E-state index contributed by atoms with van der Waals surface area (Å²) >= 11 is 12.4. The van der Waals surface area contributed by atoms with Crippen LogP contribution in [0.4, 0.5) is 23.7 Å². The van der Waals surface area contributed by atoms with E-state index in [1.54, 1.807) is 39.0 Å². The van der Waals surface area contributed by atoms with Crippen LogP contribution in [0.1, 0.15) is 43.6 Å². The number of piperazine rings is 1. The Labute approximate surface area is 246 Å². The zero-order valence-corrected chi connectivity index (χ0v) is 25.1. The topological polar surface area (TPSA) is 96.5 Å². The first-order valence-electron chi connectivity index (χ1n) is 12.5. The monoisotopic (exact) mass is 639 g/mol. The van der Waals surface area contributed by atoms with E-state index in [1.807, 2.05) is 0 Å². The van der Waals surface area contributed by atoms with E-state index in [1.165, 1.54) is 22.8 Å². The molecular weight excluding hydrogens is 610 g/mol. The SMILES string of the molecule is CCS(=O)(=O)N(Cc1cccc(Cl)c1)C(=O)c1cc(Cl)c(N2CCN(C(=O)OC(C)(C)C)CC2)c(OC(F)(F)F)c1. The fourth-order valence-electron chi connectivity index (χ4n) is 4.04. The first-order chi connectivity index (χ1) is 18.9. The Bertz CT molecular complexity index is 1390. The molecule has 9 nitrogen and oxygen atoms in total. The van der Waals surface area contributed by atoms with Crippen LogP contribution in [0.3, 0.4) is 0 Å². The Morgan fingerprint density at radius 1 is 1.02 bits per heavy atom. The molecule has 1 saturated heterocycles. The molecule has 1 aliphatic heterocycles. The first kappa shape index (κ1) is 32.6. The van der Waals surface area contributed by atoms with Gasteiger partial charge in [-0.05, 0) is 57.5 Å². The van der Waals surface area contributed by atoms with E-state index in [0.29, 0.717) is 14.9 Å². The van der Waals surface area contributed by atoms with Crippen molar-refractivity contribution in [2.24, 2.45) is 0 Å². The molecule has 0 aliphatic carbocycles. The van der Waals surface area contributed by atoms with Crippen molar-refractivity contribution in [2.45, 2.75) is 46.2 Å². The minimum atomic E-state index is -5.14. The molecule has 2 amide bonds. The molecule has 2 aromatic rings. The maximum absolute atomic E-state index is 13.5. The summed E-state index contributed by atoms with van der Waals surface area (Å²) in [4.78, 5) is 28.8. The summed E-state index contributed by atoms with van der Waals surface area (Å²) in [6.07, 6.45) is -5.71. The lowest BCUT2D eigenvalue weighted by Crippen LogP contribution is -2.50. The molecule has 0 unspecified atom stereocenters. The van der Waals surface area contributed by atoms with E-state index >= 15 is 0 Å². The van der Waals surface area contributed by atoms with Crippen molar-refractivity contribution >= 4 is 50.9 Å². The van der Waals surface area contributed by atoms with Crippen molar-refractivity contribution in [1.82, 2.24) is 9.21 Å². The van der Waals surface area contributed by atoms with Crippen LogP contribution in [0, 0.1) is 0 Å². The maximum Gasteiger partial charge on any atom is 0.573 e. The Balaban J connectivity index is 1.96. The number of sulfonamides is 1. The summed E-state index contributed by atoms with van der Waals surface area (Å²) in [6, 6.07) is 8.08. The molecule has 0 aromatic heterocycles. The third kappa shape index (κ3) is 8.79. The van der Waals surface area contributed by atoms with Gasteiger partial charge in [0.2, 0.25) is 10.0 Å². The summed E-state index contributed by atoms with van der Waals surface area (Å²) in [5.74, 6) is -2.32. The van der Waals surface area contributed by atoms with Gasteiger partial charge in [-0.25, -0.2) is 17.5 Å². The lowest BCUT2D eigenvalue weighted by atomic mass is 10.1. The average molecular weight is 641 g/mol. The summed E-state index contributed by atoms with van der Waals surface area (Å²) < 4.78 is 76.2. The largest absolute Gasteiger partial charge is 0.573 e. The van der Waals surface area contributed by atoms with Crippen LogP contribution in [0.2, 0.25) is 10.0 Å². The number of hydrogen-bond acceptors (Lipinski definition) is 7. The van der Waals surface area contributed by atoms with Crippen LogP contribution in [-0.4, -0.2) is 73.5 Å². The standard InChI is InChI=1S/C26H30Cl2F3N3O6S/c1-5-41(37,38)34(16-17-7-6-8-19(27)13-17)23(35)18-14-20(28)22(21(15-18)39-26(29,30)31)32-9-11-33(12-10-32)24(36)40-25(2,3)4/h6-8,13-15H,5,9-12,16H2,1-4H3. The number of anilines is 1. The zero-order chi connectivity index (χ0) is 30.8. The molecule has 3 rings (SSSR count). The molecule has 1 aliphatic rings. The lowest BCUT2D eigenvalue weighted by Gasteiger charge is -2.37. The molecule has 226 valence electrons. The van der Waals surface area contributed by atoms with Crippen LogP contribution in [0.5, 0.6) is 5.75 Å². The van der Waals surface area contributed by atoms with Gasteiger partial charge in [0, 0.05) is 36.8 Å². The van der Waals surface area contributed by atoms with Gasteiger partial charge in [-0.2, -0.15) is 0 Å². The van der Waals surface area contributed by atoms with Gasteiger partial charge in [-0.3, -0.25) is 4.79 Å². The Kier molecular flexibility index (Phi) is 9.97. The highest BCUT2D eigenvalue weighted by molar-refractivity contribution is 7.89. The number of ether oxygens (including phenoxy) is 2. The number of benzene rings is 2. The van der Waals surface area contributed by atoms with Crippen LogP contribution in [0.15, 0.2) is 36.4 Å².